The largest absolute Gasteiger partial charge is 0.301 e. The van der Waals surface area contributed by atoms with E-state index in [1.165, 1.54) is 28.7 Å². The molecule has 0 radical (unpaired) electrons. The fourth-order valence-electron chi connectivity index (χ4n) is 2.38. The first-order chi connectivity index (χ1) is 13.7. The van der Waals surface area contributed by atoms with Crippen LogP contribution in [0, 0.1) is 6.92 Å². The molecular formula is C19H21N5OS3. The van der Waals surface area contributed by atoms with Crippen molar-refractivity contribution in [1.29, 1.82) is 0 Å². The molecule has 3 aromatic rings. The summed E-state index contributed by atoms with van der Waals surface area (Å²) in [4.78, 5) is 16.4. The molecule has 2 aromatic heterocycles. The van der Waals surface area contributed by atoms with Crippen LogP contribution >= 0.6 is 34.9 Å². The monoisotopic (exact) mass is 431 g/mol. The van der Waals surface area contributed by atoms with Crippen LogP contribution in [0.1, 0.15) is 17.1 Å². The highest BCUT2D eigenvalue weighted by Crippen LogP contribution is 2.22. The van der Waals surface area contributed by atoms with Gasteiger partial charge < -0.3 is 9.88 Å². The van der Waals surface area contributed by atoms with E-state index in [1.54, 1.807) is 11.8 Å². The number of hydrogen-bond acceptors (Lipinski definition) is 7. The number of anilines is 1. The predicted octanol–water partition coefficient (Wildman–Crippen LogP) is 4.39. The van der Waals surface area contributed by atoms with Gasteiger partial charge in [0.25, 0.3) is 0 Å². The van der Waals surface area contributed by atoms with Crippen molar-refractivity contribution in [2.24, 2.45) is 0 Å². The lowest BCUT2D eigenvalue weighted by Crippen LogP contribution is -2.14. The van der Waals surface area contributed by atoms with E-state index in [9.17, 15) is 4.79 Å². The van der Waals surface area contributed by atoms with Crippen molar-refractivity contribution in [3.63, 3.8) is 0 Å². The van der Waals surface area contributed by atoms with Gasteiger partial charge in [-0.3, -0.25) is 4.79 Å². The number of thiazole rings is 1. The molecule has 0 saturated carbocycles. The smallest absolute Gasteiger partial charge is 0.236 e. The molecule has 0 saturated heterocycles. The summed E-state index contributed by atoms with van der Waals surface area (Å²) in [6.45, 7) is 6.33. The van der Waals surface area contributed by atoms with Gasteiger partial charge in [-0.15, -0.1) is 39.9 Å². The summed E-state index contributed by atoms with van der Waals surface area (Å²) < 4.78 is 2.01. The van der Waals surface area contributed by atoms with Crippen LogP contribution in [0.3, 0.4) is 0 Å². The predicted molar refractivity (Wildman–Crippen MR) is 118 cm³/mol. The lowest BCUT2D eigenvalue weighted by Gasteiger charge is -2.07. The van der Waals surface area contributed by atoms with Crippen molar-refractivity contribution in [2.45, 2.75) is 30.1 Å². The van der Waals surface area contributed by atoms with E-state index >= 15 is 0 Å². The maximum Gasteiger partial charge on any atom is 0.236 e. The SMILES string of the molecule is C=CCn1c(CSCc2ccccc2)nnc1SCC(=O)Nc1nc(C)cs1. The molecule has 28 heavy (non-hydrogen) atoms. The summed E-state index contributed by atoms with van der Waals surface area (Å²) in [5, 5.41) is 14.6. The Kier molecular flexibility index (Phi) is 7.70. The number of aromatic nitrogens is 4. The van der Waals surface area contributed by atoms with Crippen LogP contribution in [0.5, 0.6) is 0 Å². The summed E-state index contributed by atoms with van der Waals surface area (Å²) in [5.74, 6) is 2.71. The minimum Gasteiger partial charge on any atom is -0.301 e. The van der Waals surface area contributed by atoms with Gasteiger partial charge in [-0.25, -0.2) is 4.98 Å². The molecule has 6 nitrogen and oxygen atoms in total. The van der Waals surface area contributed by atoms with Crippen LogP contribution in [0.15, 0.2) is 53.5 Å². The molecule has 0 aliphatic carbocycles. The molecule has 0 atom stereocenters. The van der Waals surface area contributed by atoms with Gasteiger partial charge in [0, 0.05) is 17.7 Å². The highest BCUT2D eigenvalue weighted by molar-refractivity contribution is 7.99. The van der Waals surface area contributed by atoms with Crippen LogP contribution in [0.2, 0.25) is 0 Å². The van der Waals surface area contributed by atoms with Crippen molar-refractivity contribution in [2.75, 3.05) is 11.1 Å². The normalized spacial score (nSPS) is 10.8. The number of aryl methyl sites for hydroxylation is 1. The number of thioether (sulfide) groups is 2. The molecular weight excluding hydrogens is 410 g/mol. The second-order valence-corrected chi connectivity index (χ2v) is 8.69. The van der Waals surface area contributed by atoms with Crippen molar-refractivity contribution < 1.29 is 4.79 Å². The van der Waals surface area contributed by atoms with Gasteiger partial charge in [-0.05, 0) is 12.5 Å². The number of amides is 1. The van der Waals surface area contributed by atoms with E-state index in [-0.39, 0.29) is 11.7 Å². The fraction of sp³-hybridized carbons (Fsp3) is 0.263. The zero-order valence-electron chi connectivity index (χ0n) is 15.5. The first kappa shape index (κ1) is 20.6. The second kappa shape index (κ2) is 10.4. The van der Waals surface area contributed by atoms with Gasteiger partial charge >= 0.3 is 0 Å². The number of nitrogens with zero attached hydrogens (tertiary/aromatic N) is 4. The molecule has 2 heterocycles. The zero-order valence-corrected chi connectivity index (χ0v) is 17.9. The Balaban J connectivity index is 1.55. The van der Waals surface area contributed by atoms with E-state index in [2.05, 4.69) is 39.2 Å². The molecule has 0 spiro atoms. The molecule has 1 N–H and O–H groups in total. The third-order valence-electron chi connectivity index (χ3n) is 3.65. The minimum atomic E-state index is -0.104. The van der Waals surface area contributed by atoms with Crippen molar-refractivity contribution in [3.8, 4) is 0 Å². The Morgan fingerprint density at radius 2 is 2.11 bits per heavy atom. The summed E-state index contributed by atoms with van der Waals surface area (Å²) in [7, 11) is 0. The third kappa shape index (κ3) is 5.95. The standard InChI is InChI=1S/C19H21N5OS3/c1-3-9-24-16(12-26-11-15-7-5-4-6-8-15)22-23-19(24)28-13-17(25)21-18-20-14(2)10-27-18/h3-8,10H,1,9,11-13H2,2H3,(H,20,21,25). The van der Waals surface area contributed by atoms with Crippen LogP contribution in [0.25, 0.3) is 0 Å². The summed E-state index contributed by atoms with van der Waals surface area (Å²) >= 11 is 4.58. The molecule has 3 rings (SSSR count). The number of benzene rings is 1. The molecule has 146 valence electrons. The van der Waals surface area contributed by atoms with Gasteiger partial charge in [0.05, 0.1) is 17.2 Å². The topological polar surface area (TPSA) is 72.7 Å². The lowest BCUT2D eigenvalue weighted by atomic mass is 10.2. The van der Waals surface area contributed by atoms with Crippen molar-refractivity contribution in [3.05, 3.63) is 65.4 Å². The first-order valence-electron chi connectivity index (χ1n) is 8.65. The van der Waals surface area contributed by atoms with Gasteiger partial charge in [0.2, 0.25) is 5.91 Å². The number of carbonyl (C=O) groups excluding carboxylic acids is 1. The van der Waals surface area contributed by atoms with Crippen LogP contribution < -0.4 is 5.32 Å². The highest BCUT2D eigenvalue weighted by Gasteiger charge is 2.14. The van der Waals surface area contributed by atoms with E-state index in [0.29, 0.717) is 11.7 Å². The number of rotatable bonds is 10. The maximum atomic E-state index is 12.2. The molecule has 1 amide bonds. The summed E-state index contributed by atoms with van der Waals surface area (Å²) in [6, 6.07) is 10.3. The maximum absolute atomic E-state index is 12.2. The van der Waals surface area contributed by atoms with Gasteiger partial charge in [-0.1, -0.05) is 48.2 Å². The Bertz CT molecular complexity index is 923. The number of hydrogen-bond donors (Lipinski definition) is 1. The Morgan fingerprint density at radius 3 is 2.82 bits per heavy atom. The first-order valence-corrected chi connectivity index (χ1v) is 11.7. The molecule has 0 fully saturated rings. The molecule has 0 unspecified atom stereocenters. The van der Waals surface area contributed by atoms with Gasteiger partial charge in [-0.2, -0.15) is 0 Å². The number of nitrogens with one attached hydrogen (secondary N) is 1. The van der Waals surface area contributed by atoms with Crippen LogP contribution in [0.4, 0.5) is 5.13 Å². The molecule has 0 aliphatic heterocycles. The minimum absolute atomic E-state index is 0.104. The van der Waals surface area contributed by atoms with Crippen LogP contribution in [-0.4, -0.2) is 31.4 Å². The average Bonchev–Trinajstić information content (AvgIpc) is 3.27. The molecule has 0 bridgehead atoms. The van der Waals surface area contributed by atoms with E-state index in [1.807, 2.05) is 41.1 Å². The average molecular weight is 432 g/mol. The fourth-order valence-corrected chi connectivity index (χ4v) is 4.77. The van der Waals surface area contributed by atoms with E-state index in [4.69, 9.17) is 0 Å². The Hall–Kier alpha value is -2.10. The van der Waals surface area contributed by atoms with Gasteiger partial charge in [0.1, 0.15) is 5.82 Å². The quantitative estimate of drug-likeness (QED) is 0.379. The highest BCUT2D eigenvalue weighted by atomic mass is 32.2. The second-order valence-electron chi connectivity index (χ2n) is 5.91. The third-order valence-corrected chi connectivity index (χ3v) is 6.49. The number of allylic oxidation sites excluding steroid dienone is 1. The lowest BCUT2D eigenvalue weighted by molar-refractivity contribution is -0.113. The molecule has 0 aliphatic rings. The molecule has 9 heteroatoms. The van der Waals surface area contributed by atoms with Crippen molar-refractivity contribution in [1.82, 2.24) is 19.7 Å². The Morgan fingerprint density at radius 1 is 1.29 bits per heavy atom. The Labute approximate surface area is 176 Å². The summed E-state index contributed by atoms with van der Waals surface area (Å²) in [5.41, 5.74) is 2.18. The van der Waals surface area contributed by atoms with Crippen LogP contribution in [-0.2, 0) is 22.8 Å². The van der Waals surface area contributed by atoms with Crippen molar-refractivity contribution >= 4 is 45.9 Å². The van der Waals surface area contributed by atoms with E-state index in [0.717, 1.165) is 28.2 Å². The van der Waals surface area contributed by atoms with E-state index < -0.39 is 0 Å². The molecule has 1 aromatic carbocycles. The zero-order chi connectivity index (χ0) is 19.8. The number of carbonyl (C=O) groups is 1. The van der Waals surface area contributed by atoms with Gasteiger partial charge in [0.15, 0.2) is 10.3 Å². The summed E-state index contributed by atoms with van der Waals surface area (Å²) in [6.07, 6.45) is 1.82.